The lowest BCUT2D eigenvalue weighted by atomic mass is 9.99. The topological polar surface area (TPSA) is 24.9 Å². The maximum atomic E-state index is 14.0. The van der Waals surface area contributed by atoms with Gasteiger partial charge in [-0.15, -0.1) is 0 Å². The molecule has 1 unspecified atom stereocenters. The van der Waals surface area contributed by atoms with Gasteiger partial charge < -0.3 is 5.32 Å². The van der Waals surface area contributed by atoms with E-state index in [1.807, 2.05) is 25.3 Å². The van der Waals surface area contributed by atoms with E-state index in [9.17, 15) is 4.39 Å². The van der Waals surface area contributed by atoms with E-state index in [1.54, 1.807) is 24.4 Å². The number of nitrogens with one attached hydrogen (secondary N) is 1. The molecule has 4 heteroatoms. The molecule has 0 aliphatic heterocycles. The van der Waals surface area contributed by atoms with E-state index in [2.05, 4.69) is 10.3 Å². The number of pyridine rings is 1. The van der Waals surface area contributed by atoms with Crippen LogP contribution in [0.1, 0.15) is 18.1 Å². The first-order valence-corrected chi connectivity index (χ1v) is 7.13. The zero-order valence-electron chi connectivity index (χ0n) is 11.4. The molecule has 1 aromatic heterocycles. The van der Waals surface area contributed by atoms with Crippen molar-refractivity contribution in [2.75, 3.05) is 6.54 Å². The lowest BCUT2D eigenvalue weighted by Gasteiger charge is -2.18. The predicted molar refractivity (Wildman–Crippen MR) is 80.5 cm³/mol. The Morgan fingerprint density at radius 3 is 2.80 bits per heavy atom. The summed E-state index contributed by atoms with van der Waals surface area (Å²) in [5.74, 6) is -0.316. The van der Waals surface area contributed by atoms with E-state index >= 15 is 0 Å². The summed E-state index contributed by atoms with van der Waals surface area (Å²) in [4.78, 5) is 4.11. The number of rotatable bonds is 6. The molecule has 2 rings (SSSR count). The maximum Gasteiger partial charge on any atom is 0.145 e. The van der Waals surface area contributed by atoms with Crippen LogP contribution >= 0.6 is 11.6 Å². The Labute approximate surface area is 124 Å². The molecule has 0 spiro atoms. The molecule has 0 amide bonds. The fourth-order valence-electron chi connectivity index (χ4n) is 2.28. The van der Waals surface area contributed by atoms with Crippen molar-refractivity contribution in [1.82, 2.24) is 10.3 Å². The van der Waals surface area contributed by atoms with Crippen LogP contribution in [0.2, 0.25) is 5.02 Å². The highest BCUT2D eigenvalue weighted by molar-refractivity contribution is 6.30. The molecule has 1 aromatic carbocycles. The van der Waals surface area contributed by atoms with Crippen molar-refractivity contribution in [2.45, 2.75) is 25.8 Å². The number of hydrogen-bond acceptors (Lipinski definition) is 2. The first-order chi connectivity index (χ1) is 9.70. The molecule has 0 radical (unpaired) electrons. The number of benzene rings is 1. The number of aromatic nitrogens is 1. The van der Waals surface area contributed by atoms with Gasteiger partial charge >= 0.3 is 0 Å². The van der Waals surface area contributed by atoms with Gasteiger partial charge in [-0.3, -0.25) is 4.98 Å². The number of hydrogen-bond donors (Lipinski definition) is 1. The lowest BCUT2D eigenvalue weighted by molar-refractivity contribution is 0.505. The van der Waals surface area contributed by atoms with Crippen molar-refractivity contribution in [3.63, 3.8) is 0 Å². The molecule has 106 valence electrons. The Bertz CT molecular complexity index is 545. The average Bonchev–Trinajstić information content (AvgIpc) is 2.45. The maximum absolute atomic E-state index is 14.0. The van der Waals surface area contributed by atoms with E-state index in [-0.39, 0.29) is 16.9 Å². The molecule has 0 aliphatic carbocycles. The Hall–Kier alpha value is -1.45. The molecule has 0 aliphatic rings. The van der Waals surface area contributed by atoms with Gasteiger partial charge in [0.1, 0.15) is 5.82 Å². The first-order valence-electron chi connectivity index (χ1n) is 6.76. The third-order valence-corrected chi connectivity index (χ3v) is 3.49. The highest BCUT2D eigenvalue weighted by Gasteiger charge is 2.14. The van der Waals surface area contributed by atoms with E-state index in [1.165, 1.54) is 0 Å². The van der Waals surface area contributed by atoms with Gasteiger partial charge in [-0.2, -0.15) is 0 Å². The fourth-order valence-corrected chi connectivity index (χ4v) is 2.47. The quantitative estimate of drug-likeness (QED) is 0.879. The summed E-state index contributed by atoms with van der Waals surface area (Å²) in [7, 11) is 0. The van der Waals surface area contributed by atoms with Gasteiger partial charge in [0.15, 0.2) is 0 Å². The average molecular weight is 293 g/mol. The summed E-state index contributed by atoms with van der Waals surface area (Å²) in [6.07, 6.45) is 5.02. The van der Waals surface area contributed by atoms with Gasteiger partial charge in [0.25, 0.3) is 0 Å². The Balaban J connectivity index is 2.11. The smallest absolute Gasteiger partial charge is 0.145 e. The minimum absolute atomic E-state index is 0.164. The normalized spacial score (nSPS) is 12.3. The van der Waals surface area contributed by atoms with Gasteiger partial charge in [-0.1, -0.05) is 36.7 Å². The SMILES string of the molecule is CCNC(Cc1cccnc1)Cc1cccc(Cl)c1F. The van der Waals surface area contributed by atoms with Crippen LogP contribution in [0.25, 0.3) is 0 Å². The predicted octanol–water partition coefficient (Wildman–Crippen LogP) is 3.64. The largest absolute Gasteiger partial charge is 0.314 e. The van der Waals surface area contributed by atoms with Gasteiger partial charge in [-0.25, -0.2) is 4.39 Å². The van der Waals surface area contributed by atoms with Crippen molar-refractivity contribution < 1.29 is 4.39 Å². The minimum Gasteiger partial charge on any atom is -0.314 e. The third kappa shape index (κ3) is 4.02. The highest BCUT2D eigenvalue weighted by atomic mass is 35.5. The summed E-state index contributed by atoms with van der Waals surface area (Å²) < 4.78 is 14.0. The van der Waals surface area contributed by atoms with Crippen LogP contribution in [0, 0.1) is 5.82 Å². The van der Waals surface area contributed by atoms with Gasteiger partial charge in [0.05, 0.1) is 5.02 Å². The Morgan fingerprint density at radius 1 is 1.25 bits per heavy atom. The lowest BCUT2D eigenvalue weighted by Crippen LogP contribution is -2.33. The molecular formula is C16H18ClFN2. The summed E-state index contributed by atoms with van der Waals surface area (Å²) in [5, 5.41) is 3.57. The summed E-state index contributed by atoms with van der Waals surface area (Å²) >= 11 is 5.83. The second-order valence-corrected chi connectivity index (χ2v) is 5.14. The second-order valence-electron chi connectivity index (χ2n) is 4.74. The Morgan fingerprint density at radius 2 is 2.10 bits per heavy atom. The van der Waals surface area contributed by atoms with Gasteiger partial charge in [-0.05, 0) is 42.6 Å². The first kappa shape index (κ1) is 14.9. The van der Waals surface area contributed by atoms with Crippen molar-refractivity contribution in [3.8, 4) is 0 Å². The van der Waals surface area contributed by atoms with Crippen LogP contribution in [0.4, 0.5) is 4.39 Å². The minimum atomic E-state index is -0.316. The van der Waals surface area contributed by atoms with Crippen molar-refractivity contribution in [1.29, 1.82) is 0 Å². The molecule has 0 saturated heterocycles. The highest BCUT2D eigenvalue weighted by Crippen LogP contribution is 2.19. The van der Waals surface area contributed by atoms with E-state index in [4.69, 9.17) is 11.6 Å². The van der Waals surface area contributed by atoms with E-state index in [0.29, 0.717) is 12.0 Å². The standard InChI is InChI=1S/C16H18ClFN2/c1-2-20-14(9-12-5-4-8-19-11-12)10-13-6-3-7-15(17)16(13)18/h3-8,11,14,20H,2,9-10H2,1H3. The van der Waals surface area contributed by atoms with Crippen LogP contribution in [0.15, 0.2) is 42.7 Å². The Kier molecular flexibility index (Phi) is 5.50. The zero-order valence-corrected chi connectivity index (χ0v) is 12.2. The molecule has 0 bridgehead atoms. The molecule has 20 heavy (non-hydrogen) atoms. The van der Waals surface area contributed by atoms with Crippen LogP contribution < -0.4 is 5.32 Å². The van der Waals surface area contributed by atoms with E-state index < -0.39 is 0 Å². The number of nitrogens with zero attached hydrogens (tertiary/aromatic N) is 1. The van der Waals surface area contributed by atoms with Gasteiger partial charge in [0.2, 0.25) is 0 Å². The van der Waals surface area contributed by atoms with Gasteiger partial charge in [0, 0.05) is 18.4 Å². The third-order valence-electron chi connectivity index (χ3n) is 3.20. The molecule has 1 N–H and O–H groups in total. The summed E-state index contributed by atoms with van der Waals surface area (Å²) in [6.45, 7) is 2.89. The molecule has 1 atom stereocenters. The monoisotopic (exact) mass is 292 g/mol. The molecule has 0 fully saturated rings. The number of halogens is 2. The van der Waals surface area contributed by atoms with Crippen LogP contribution in [-0.4, -0.2) is 17.6 Å². The summed E-state index contributed by atoms with van der Waals surface area (Å²) in [5.41, 5.74) is 1.79. The van der Waals surface area contributed by atoms with Crippen LogP contribution in [0.5, 0.6) is 0 Å². The van der Waals surface area contributed by atoms with Crippen molar-refractivity contribution in [3.05, 3.63) is 64.7 Å². The zero-order chi connectivity index (χ0) is 14.4. The molecule has 2 nitrogen and oxygen atoms in total. The van der Waals surface area contributed by atoms with Crippen molar-refractivity contribution >= 4 is 11.6 Å². The second kappa shape index (κ2) is 7.36. The molecule has 2 aromatic rings. The number of likely N-dealkylation sites (N-methyl/N-ethyl adjacent to an activating group) is 1. The molecule has 0 saturated carbocycles. The molecule has 1 heterocycles. The van der Waals surface area contributed by atoms with Crippen LogP contribution in [-0.2, 0) is 12.8 Å². The van der Waals surface area contributed by atoms with Crippen LogP contribution in [0.3, 0.4) is 0 Å². The van der Waals surface area contributed by atoms with E-state index in [0.717, 1.165) is 18.5 Å². The fraction of sp³-hybridized carbons (Fsp3) is 0.312. The summed E-state index contributed by atoms with van der Waals surface area (Å²) in [6, 6.07) is 9.26. The molecular weight excluding hydrogens is 275 g/mol. The van der Waals surface area contributed by atoms with Crippen molar-refractivity contribution in [2.24, 2.45) is 0 Å².